The van der Waals surface area contributed by atoms with Crippen LogP contribution in [-0.2, 0) is 0 Å². The first-order valence-corrected chi connectivity index (χ1v) is 6.98. The number of ether oxygens (including phenoxy) is 1. The van der Waals surface area contributed by atoms with Gasteiger partial charge in [-0.25, -0.2) is 0 Å². The minimum atomic E-state index is 0.635. The van der Waals surface area contributed by atoms with Crippen LogP contribution in [0.3, 0.4) is 0 Å². The number of aliphatic imine (C=N–C) groups is 1. The molecule has 20 heavy (non-hydrogen) atoms. The number of hydrogen-bond donors (Lipinski definition) is 1. The van der Waals surface area contributed by atoms with Crippen molar-refractivity contribution >= 4 is 5.96 Å². The van der Waals surface area contributed by atoms with Crippen LogP contribution in [0.4, 0.5) is 0 Å². The first-order chi connectivity index (χ1) is 9.77. The summed E-state index contributed by atoms with van der Waals surface area (Å²) in [5.74, 6) is 1.79. The van der Waals surface area contributed by atoms with E-state index in [-0.39, 0.29) is 0 Å². The van der Waals surface area contributed by atoms with E-state index < -0.39 is 0 Å². The lowest BCUT2D eigenvalue weighted by Crippen LogP contribution is -2.41. The molecule has 4 heteroatoms. The molecule has 1 aromatic rings. The average Bonchev–Trinajstić information content (AvgIpc) is 2.48. The first kappa shape index (κ1) is 16.1. The van der Waals surface area contributed by atoms with E-state index in [2.05, 4.69) is 27.4 Å². The molecular formula is C16H25N3O. The van der Waals surface area contributed by atoms with Gasteiger partial charge in [0.25, 0.3) is 0 Å². The van der Waals surface area contributed by atoms with Gasteiger partial charge >= 0.3 is 0 Å². The number of nitrogens with zero attached hydrogens (tertiary/aromatic N) is 2. The number of hydrogen-bond acceptors (Lipinski definition) is 2. The van der Waals surface area contributed by atoms with Gasteiger partial charge in [0.15, 0.2) is 5.96 Å². The minimum absolute atomic E-state index is 0.635. The third-order valence-corrected chi connectivity index (χ3v) is 2.84. The van der Waals surface area contributed by atoms with Crippen molar-refractivity contribution in [3.05, 3.63) is 42.5 Å². The third kappa shape index (κ3) is 6.27. The van der Waals surface area contributed by atoms with Crippen LogP contribution in [0.2, 0.25) is 0 Å². The molecule has 0 saturated carbocycles. The van der Waals surface area contributed by atoms with Crippen molar-refractivity contribution in [1.29, 1.82) is 0 Å². The number of nitrogens with one attached hydrogen (secondary N) is 1. The van der Waals surface area contributed by atoms with Gasteiger partial charge in [-0.1, -0.05) is 30.4 Å². The fourth-order valence-corrected chi connectivity index (χ4v) is 1.74. The Hall–Kier alpha value is -1.97. The SMILES string of the molecule is C/C=C/CCNC(=NC)N(C)CCOc1ccccc1. The molecule has 110 valence electrons. The third-order valence-electron chi connectivity index (χ3n) is 2.84. The predicted octanol–water partition coefficient (Wildman–Crippen LogP) is 2.54. The molecule has 0 aliphatic carbocycles. The zero-order valence-electron chi connectivity index (χ0n) is 12.7. The lowest BCUT2D eigenvalue weighted by Gasteiger charge is -2.22. The largest absolute Gasteiger partial charge is 0.492 e. The number of likely N-dealkylation sites (N-methyl/N-ethyl adjacent to an activating group) is 1. The Morgan fingerprint density at radius 3 is 2.75 bits per heavy atom. The van der Waals surface area contributed by atoms with Gasteiger partial charge in [-0.15, -0.1) is 0 Å². The molecule has 0 spiro atoms. The van der Waals surface area contributed by atoms with Gasteiger partial charge in [-0.3, -0.25) is 4.99 Å². The van der Waals surface area contributed by atoms with E-state index in [1.54, 1.807) is 7.05 Å². The first-order valence-electron chi connectivity index (χ1n) is 6.98. The summed E-state index contributed by atoms with van der Waals surface area (Å²) in [6.07, 6.45) is 5.20. The smallest absolute Gasteiger partial charge is 0.193 e. The van der Waals surface area contributed by atoms with Crippen LogP contribution < -0.4 is 10.1 Å². The Morgan fingerprint density at radius 1 is 1.35 bits per heavy atom. The summed E-state index contributed by atoms with van der Waals surface area (Å²) in [4.78, 5) is 6.33. The van der Waals surface area contributed by atoms with E-state index in [1.807, 2.05) is 44.3 Å². The Morgan fingerprint density at radius 2 is 2.10 bits per heavy atom. The molecule has 1 rings (SSSR count). The monoisotopic (exact) mass is 275 g/mol. The molecule has 0 amide bonds. The highest BCUT2D eigenvalue weighted by molar-refractivity contribution is 5.79. The lowest BCUT2D eigenvalue weighted by molar-refractivity contribution is 0.281. The van der Waals surface area contributed by atoms with Crippen molar-refractivity contribution < 1.29 is 4.74 Å². The van der Waals surface area contributed by atoms with Crippen molar-refractivity contribution in [2.24, 2.45) is 4.99 Å². The zero-order chi connectivity index (χ0) is 14.6. The van der Waals surface area contributed by atoms with Gasteiger partial charge < -0.3 is 15.0 Å². The zero-order valence-corrected chi connectivity index (χ0v) is 12.7. The van der Waals surface area contributed by atoms with Crippen molar-refractivity contribution in [1.82, 2.24) is 10.2 Å². The van der Waals surface area contributed by atoms with Gasteiger partial charge in [-0.05, 0) is 25.5 Å². The maximum absolute atomic E-state index is 5.68. The number of rotatable bonds is 7. The summed E-state index contributed by atoms with van der Waals surface area (Å²) < 4.78 is 5.68. The fraction of sp³-hybridized carbons (Fsp3) is 0.438. The van der Waals surface area contributed by atoms with Gasteiger partial charge in [-0.2, -0.15) is 0 Å². The van der Waals surface area contributed by atoms with Crippen molar-refractivity contribution in [2.45, 2.75) is 13.3 Å². The number of benzene rings is 1. The average molecular weight is 275 g/mol. The molecule has 0 aliphatic heterocycles. The minimum Gasteiger partial charge on any atom is -0.492 e. The van der Waals surface area contributed by atoms with E-state index in [1.165, 1.54) is 0 Å². The molecule has 4 nitrogen and oxygen atoms in total. The van der Waals surface area contributed by atoms with Crippen LogP contribution in [-0.4, -0.2) is 44.7 Å². The number of para-hydroxylation sites is 1. The van der Waals surface area contributed by atoms with E-state index in [4.69, 9.17) is 4.74 Å². The molecular weight excluding hydrogens is 250 g/mol. The summed E-state index contributed by atoms with van der Waals surface area (Å²) in [6, 6.07) is 9.85. The van der Waals surface area contributed by atoms with Crippen molar-refractivity contribution in [3.8, 4) is 5.75 Å². The highest BCUT2D eigenvalue weighted by atomic mass is 16.5. The highest BCUT2D eigenvalue weighted by Gasteiger charge is 2.04. The molecule has 0 aromatic heterocycles. The molecule has 1 N–H and O–H groups in total. The van der Waals surface area contributed by atoms with E-state index >= 15 is 0 Å². The normalized spacial score (nSPS) is 11.7. The van der Waals surface area contributed by atoms with Crippen LogP contribution >= 0.6 is 0 Å². The van der Waals surface area contributed by atoms with Crippen LogP contribution in [0.25, 0.3) is 0 Å². The second-order valence-corrected chi connectivity index (χ2v) is 4.41. The van der Waals surface area contributed by atoms with Crippen molar-refractivity contribution in [3.63, 3.8) is 0 Å². The molecule has 0 fully saturated rings. The van der Waals surface area contributed by atoms with Gasteiger partial charge in [0, 0.05) is 20.6 Å². The second kappa shape index (κ2) is 9.89. The quantitative estimate of drug-likeness (QED) is 0.359. The topological polar surface area (TPSA) is 36.9 Å². The van der Waals surface area contributed by atoms with Crippen LogP contribution in [0.15, 0.2) is 47.5 Å². The highest BCUT2D eigenvalue weighted by Crippen LogP contribution is 2.07. The van der Waals surface area contributed by atoms with Crippen LogP contribution in [0.5, 0.6) is 5.75 Å². The van der Waals surface area contributed by atoms with Crippen LogP contribution in [0, 0.1) is 0 Å². The van der Waals surface area contributed by atoms with Gasteiger partial charge in [0.05, 0.1) is 6.54 Å². The summed E-state index contributed by atoms with van der Waals surface area (Å²) >= 11 is 0. The Labute approximate surface area is 122 Å². The second-order valence-electron chi connectivity index (χ2n) is 4.41. The molecule has 0 saturated heterocycles. The predicted molar refractivity (Wildman–Crippen MR) is 85.4 cm³/mol. The molecule has 0 unspecified atom stereocenters. The van der Waals surface area contributed by atoms with Crippen LogP contribution in [0.1, 0.15) is 13.3 Å². The van der Waals surface area contributed by atoms with E-state index in [0.29, 0.717) is 6.61 Å². The maximum atomic E-state index is 5.68. The molecule has 0 aliphatic rings. The van der Waals surface area contributed by atoms with Gasteiger partial charge in [0.1, 0.15) is 12.4 Å². The molecule has 1 aromatic carbocycles. The van der Waals surface area contributed by atoms with E-state index in [9.17, 15) is 0 Å². The summed E-state index contributed by atoms with van der Waals surface area (Å²) in [5.41, 5.74) is 0. The summed E-state index contributed by atoms with van der Waals surface area (Å²) in [5, 5.41) is 3.32. The Balaban J connectivity index is 2.27. The number of allylic oxidation sites excluding steroid dienone is 1. The van der Waals surface area contributed by atoms with Gasteiger partial charge in [0.2, 0.25) is 0 Å². The molecule has 0 heterocycles. The fourth-order valence-electron chi connectivity index (χ4n) is 1.74. The number of guanidine groups is 1. The molecule has 0 bridgehead atoms. The Bertz CT molecular complexity index is 415. The standard InChI is InChI=1S/C16H25N3O/c1-4-5-9-12-18-16(17-2)19(3)13-14-20-15-10-7-6-8-11-15/h4-8,10-11H,9,12-14H2,1-3H3,(H,17,18)/b5-4+. The molecule has 0 radical (unpaired) electrons. The summed E-state index contributed by atoms with van der Waals surface area (Å²) in [6.45, 7) is 4.34. The molecule has 0 atom stereocenters. The van der Waals surface area contributed by atoms with Crippen molar-refractivity contribution in [2.75, 3.05) is 33.8 Å². The summed E-state index contributed by atoms with van der Waals surface area (Å²) in [7, 11) is 3.81. The Kier molecular flexibility index (Phi) is 7.96. The maximum Gasteiger partial charge on any atom is 0.193 e. The van der Waals surface area contributed by atoms with E-state index in [0.717, 1.165) is 31.2 Å². The lowest BCUT2D eigenvalue weighted by atomic mass is 10.3.